The van der Waals surface area contributed by atoms with E-state index in [0.717, 1.165) is 39.9 Å². The molecule has 1 N–H and O–H groups in total. The van der Waals surface area contributed by atoms with Crippen LogP contribution in [0.25, 0.3) is 22.2 Å². The van der Waals surface area contributed by atoms with E-state index in [1.807, 2.05) is 24.5 Å². The Bertz CT molecular complexity index is 718. The van der Waals surface area contributed by atoms with Crippen molar-refractivity contribution in [3.8, 4) is 11.3 Å². The molecule has 3 nitrogen and oxygen atoms in total. The van der Waals surface area contributed by atoms with Crippen molar-refractivity contribution in [3.63, 3.8) is 0 Å². The summed E-state index contributed by atoms with van der Waals surface area (Å²) < 4.78 is 1.07. The average Bonchev–Trinajstić information content (AvgIpc) is 2.82. The van der Waals surface area contributed by atoms with E-state index in [1.54, 1.807) is 0 Å². The second kappa shape index (κ2) is 5.13. The molecule has 0 unspecified atom stereocenters. The van der Waals surface area contributed by atoms with Crippen molar-refractivity contribution in [2.24, 2.45) is 0 Å². The van der Waals surface area contributed by atoms with Gasteiger partial charge < -0.3 is 4.98 Å². The lowest BCUT2D eigenvalue weighted by Crippen LogP contribution is -1.95. The van der Waals surface area contributed by atoms with Gasteiger partial charge >= 0.3 is 0 Å². The van der Waals surface area contributed by atoms with Crippen LogP contribution in [0, 0.1) is 0 Å². The molecule has 0 spiro atoms. The van der Waals surface area contributed by atoms with Crippen LogP contribution in [0.5, 0.6) is 0 Å². The molecule has 0 aliphatic heterocycles. The van der Waals surface area contributed by atoms with Gasteiger partial charge in [-0.2, -0.15) is 0 Å². The molecule has 0 saturated heterocycles. The maximum absolute atomic E-state index is 4.64. The molecule has 4 heteroatoms. The maximum atomic E-state index is 4.64. The van der Waals surface area contributed by atoms with E-state index < -0.39 is 0 Å². The van der Waals surface area contributed by atoms with Crippen molar-refractivity contribution in [1.29, 1.82) is 0 Å². The summed E-state index contributed by atoms with van der Waals surface area (Å²) in [7, 11) is 0. The zero-order chi connectivity index (χ0) is 13.2. The van der Waals surface area contributed by atoms with Gasteiger partial charge in [0.05, 0.1) is 5.69 Å². The van der Waals surface area contributed by atoms with Crippen molar-refractivity contribution >= 4 is 26.8 Å². The van der Waals surface area contributed by atoms with Gasteiger partial charge in [0.15, 0.2) is 0 Å². The number of fused-ring (bicyclic) bond motifs is 1. The summed E-state index contributed by atoms with van der Waals surface area (Å²) >= 11 is 3.52. The fraction of sp³-hybridized carbons (Fsp3) is 0.200. The Morgan fingerprint density at radius 3 is 3.00 bits per heavy atom. The molecule has 0 atom stereocenters. The second-order valence-electron chi connectivity index (χ2n) is 4.50. The summed E-state index contributed by atoms with van der Waals surface area (Å²) in [5.74, 6) is 0.907. The first-order valence-electron chi connectivity index (χ1n) is 6.37. The van der Waals surface area contributed by atoms with E-state index >= 15 is 0 Å². The molecule has 0 saturated carbocycles. The number of rotatable bonds is 3. The number of hydrogen-bond donors (Lipinski definition) is 1. The number of hydrogen-bond acceptors (Lipinski definition) is 2. The van der Waals surface area contributed by atoms with Crippen molar-refractivity contribution in [2.45, 2.75) is 19.8 Å². The van der Waals surface area contributed by atoms with Crippen LogP contribution < -0.4 is 0 Å². The highest BCUT2D eigenvalue weighted by Gasteiger charge is 2.08. The van der Waals surface area contributed by atoms with E-state index in [4.69, 9.17) is 0 Å². The van der Waals surface area contributed by atoms with E-state index in [-0.39, 0.29) is 0 Å². The zero-order valence-corrected chi connectivity index (χ0v) is 12.2. The molecule has 1 aromatic carbocycles. The summed E-state index contributed by atoms with van der Waals surface area (Å²) in [5.41, 5.74) is 3.22. The summed E-state index contributed by atoms with van der Waals surface area (Å²) in [4.78, 5) is 12.2. The lowest BCUT2D eigenvalue weighted by Gasteiger charge is -2.02. The fourth-order valence-electron chi connectivity index (χ4n) is 2.20. The number of aromatic nitrogens is 3. The fourth-order valence-corrected chi connectivity index (χ4v) is 2.56. The molecule has 3 rings (SSSR count). The van der Waals surface area contributed by atoms with Gasteiger partial charge in [-0.05, 0) is 30.7 Å². The van der Waals surface area contributed by atoms with E-state index in [9.17, 15) is 0 Å². The Kier molecular flexibility index (Phi) is 3.34. The van der Waals surface area contributed by atoms with Gasteiger partial charge in [-0.1, -0.05) is 22.9 Å². The summed E-state index contributed by atoms with van der Waals surface area (Å²) in [5, 5.41) is 1.18. The molecule has 0 bridgehead atoms. The van der Waals surface area contributed by atoms with Gasteiger partial charge in [0, 0.05) is 39.8 Å². The molecule has 19 heavy (non-hydrogen) atoms. The van der Waals surface area contributed by atoms with Gasteiger partial charge in [0.25, 0.3) is 0 Å². The Morgan fingerprint density at radius 1 is 1.26 bits per heavy atom. The number of aromatic amines is 1. The van der Waals surface area contributed by atoms with E-state index in [1.165, 1.54) is 5.39 Å². The van der Waals surface area contributed by atoms with Gasteiger partial charge in [-0.25, -0.2) is 9.97 Å². The van der Waals surface area contributed by atoms with Gasteiger partial charge in [-0.3, -0.25) is 0 Å². The zero-order valence-electron chi connectivity index (χ0n) is 10.7. The largest absolute Gasteiger partial charge is 0.360 e. The number of benzene rings is 1. The molecule has 3 aromatic rings. The Balaban J connectivity index is 2.13. The standard InChI is InChI=1S/C15H14BrN3/c1-2-3-15-17-7-6-14(19-15)12-9-18-13-5-4-10(16)8-11(12)13/h4-9,18H,2-3H2,1H3. The number of nitrogens with one attached hydrogen (secondary N) is 1. The highest BCUT2D eigenvalue weighted by molar-refractivity contribution is 9.10. The molecule has 0 amide bonds. The predicted octanol–water partition coefficient (Wildman–Crippen LogP) is 4.34. The molecule has 96 valence electrons. The summed E-state index contributed by atoms with van der Waals surface area (Å²) in [6, 6.07) is 8.17. The monoisotopic (exact) mass is 315 g/mol. The van der Waals surface area contributed by atoms with Crippen molar-refractivity contribution in [2.75, 3.05) is 0 Å². The molecular formula is C15H14BrN3. The smallest absolute Gasteiger partial charge is 0.128 e. The van der Waals surface area contributed by atoms with Crippen LogP contribution in [0.15, 0.2) is 41.1 Å². The first-order valence-corrected chi connectivity index (χ1v) is 7.16. The van der Waals surface area contributed by atoms with Gasteiger partial charge in [-0.15, -0.1) is 0 Å². The third-order valence-corrected chi connectivity index (χ3v) is 3.59. The highest BCUT2D eigenvalue weighted by atomic mass is 79.9. The van der Waals surface area contributed by atoms with Crippen LogP contribution in [0.4, 0.5) is 0 Å². The topological polar surface area (TPSA) is 41.6 Å². The SMILES string of the molecule is CCCc1nccc(-c2c[nH]c3ccc(Br)cc23)n1. The van der Waals surface area contributed by atoms with E-state index in [0.29, 0.717) is 0 Å². The van der Waals surface area contributed by atoms with E-state index in [2.05, 4.69) is 49.9 Å². The molecule has 2 heterocycles. The predicted molar refractivity (Wildman–Crippen MR) is 81.0 cm³/mol. The molecule has 0 radical (unpaired) electrons. The minimum Gasteiger partial charge on any atom is -0.360 e. The lowest BCUT2D eigenvalue weighted by molar-refractivity contribution is 0.836. The number of nitrogens with zero attached hydrogens (tertiary/aromatic N) is 2. The normalized spacial score (nSPS) is 11.1. The quantitative estimate of drug-likeness (QED) is 0.781. The summed E-state index contributed by atoms with van der Waals surface area (Å²) in [6.07, 6.45) is 5.82. The van der Waals surface area contributed by atoms with Crippen molar-refractivity contribution in [3.05, 3.63) is 47.0 Å². The Morgan fingerprint density at radius 2 is 2.16 bits per heavy atom. The van der Waals surface area contributed by atoms with Crippen molar-refractivity contribution in [1.82, 2.24) is 15.0 Å². The van der Waals surface area contributed by atoms with Crippen LogP contribution in [-0.2, 0) is 6.42 Å². The minimum absolute atomic E-state index is 0.907. The van der Waals surface area contributed by atoms with Gasteiger partial charge in [0.1, 0.15) is 5.82 Å². The second-order valence-corrected chi connectivity index (χ2v) is 5.42. The van der Waals surface area contributed by atoms with Crippen molar-refractivity contribution < 1.29 is 0 Å². The average molecular weight is 316 g/mol. The third-order valence-electron chi connectivity index (χ3n) is 3.10. The van der Waals surface area contributed by atoms with Crippen LogP contribution >= 0.6 is 15.9 Å². The summed E-state index contributed by atoms with van der Waals surface area (Å²) in [6.45, 7) is 2.14. The first-order chi connectivity index (χ1) is 9.28. The first kappa shape index (κ1) is 12.4. The molecule has 0 fully saturated rings. The van der Waals surface area contributed by atoms with Crippen LogP contribution in [-0.4, -0.2) is 15.0 Å². The number of halogens is 1. The molecular weight excluding hydrogens is 302 g/mol. The minimum atomic E-state index is 0.907. The number of aryl methyl sites for hydroxylation is 1. The molecule has 0 aliphatic carbocycles. The molecule has 0 aliphatic rings. The Labute approximate surface area is 120 Å². The lowest BCUT2D eigenvalue weighted by atomic mass is 10.1. The van der Waals surface area contributed by atoms with Crippen LogP contribution in [0.3, 0.4) is 0 Å². The van der Waals surface area contributed by atoms with Gasteiger partial charge in [0.2, 0.25) is 0 Å². The highest BCUT2D eigenvalue weighted by Crippen LogP contribution is 2.29. The maximum Gasteiger partial charge on any atom is 0.128 e. The molecule has 2 aromatic heterocycles. The van der Waals surface area contributed by atoms with Crippen LogP contribution in [0.1, 0.15) is 19.2 Å². The van der Waals surface area contributed by atoms with Crippen LogP contribution in [0.2, 0.25) is 0 Å². The number of H-pyrrole nitrogens is 1. The third kappa shape index (κ3) is 2.40. The Hall–Kier alpha value is -1.68.